The van der Waals surface area contributed by atoms with Crippen molar-refractivity contribution in [1.29, 1.82) is 0 Å². The number of aryl methyl sites for hydroxylation is 1. The molecule has 0 radical (unpaired) electrons. The second-order valence-electron chi connectivity index (χ2n) is 13.6. The summed E-state index contributed by atoms with van der Waals surface area (Å²) < 4.78 is 87.7. The highest BCUT2D eigenvalue weighted by molar-refractivity contribution is 6.09. The Hall–Kier alpha value is -7.17. The van der Waals surface area contributed by atoms with Crippen LogP contribution in [-0.4, -0.2) is 41.5 Å². The number of amides is 2. The molecule has 58 heavy (non-hydrogen) atoms. The van der Waals surface area contributed by atoms with Crippen LogP contribution in [0.15, 0.2) is 108 Å². The van der Waals surface area contributed by atoms with E-state index in [1.54, 1.807) is 77.9 Å². The number of fused-ring (bicyclic) bond motifs is 2. The summed E-state index contributed by atoms with van der Waals surface area (Å²) in [7, 11) is 0. The van der Waals surface area contributed by atoms with E-state index in [1.807, 2.05) is 0 Å². The Morgan fingerprint density at radius 3 is 1.81 bits per heavy atom. The number of nitrogens with zero attached hydrogens (tertiary/aromatic N) is 5. The van der Waals surface area contributed by atoms with Crippen molar-refractivity contribution in [1.82, 2.24) is 29.7 Å². The van der Waals surface area contributed by atoms with Crippen LogP contribution < -0.4 is 10.6 Å². The van der Waals surface area contributed by atoms with Crippen LogP contribution in [0.3, 0.4) is 0 Å². The van der Waals surface area contributed by atoms with Gasteiger partial charge < -0.3 is 20.1 Å². The molecule has 0 aliphatic heterocycles. The van der Waals surface area contributed by atoms with Gasteiger partial charge in [0.1, 0.15) is 11.4 Å². The van der Waals surface area contributed by atoms with E-state index >= 15 is 0 Å². The van der Waals surface area contributed by atoms with Crippen LogP contribution in [0.25, 0.3) is 33.1 Å². The van der Waals surface area contributed by atoms with Crippen LogP contribution in [0, 0.1) is 13.8 Å². The smallest absolute Gasteiger partial charge is 0.357 e. The molecule has 0 bridgehead atoms. The number of aromatic amines is 1. The first-order valence-electron chi connectivity index (χ1n) is 17.7. The molecule has 11 nitrogen and oxygen atoms in total. The van der Waals surface area contributed by atoms with E-state index in [4.69, 9.17) is 4.52 Å². The molecule has 4 heterocycles. The molecule has 17 heteroatoms. The number of carbonyl (C=O) groups is 2. The summed E-state index contributed by atoms with van der Waals surface area (Å²) in [5, 5.41) is 20.1. The topological polar surface area (TPSA) is 136 Å². The van der Waals surface area contributed by atoms with Crippen LogP contribution in [0.1, 0.15) is 54.4 Å². The van der Waals surface area contributed by atoms with E-state index in [1.165, 1.54) is 24.3 Å². The molecule has 0 fully saturated rings. The van der Waals surface area contributed by atoms with Crippen LogP contribution in [0.2, 0.25) is 0 Å². The van der Waals surface area contributed by atoms with Crippen molar-refractivity contribution in [2.75, 3.05) is 10.6 Å². The quantitative estimate of drug-likeness (QED) is 0.125. The van der Waals surface area contributed by atoms with Crippen molar-refractivity contribution in [3.8, 4) is 11.3 Å². The van der Waals surface area contributed by atoms with Crippen LogP contribution in [0.4, 0.5) is 38.0 Å². The zero-order chi connectivity index (χ0) is 40.9. The molecule has 0 atom stereocenters. The number of para-hydroxylation sites is 1. The van der Waals surface area contributed by atoms with Crippen LogP contribution >= 0.6 is 0 Å². The van der Waals surface area contributed by atoms with Crippen LogP contribution in [-0.2, 0) is 25.4 Å². The molecule has 0 aliphatic carbocycles. The fraction of sp³-hybridized carbons (Fsp3) is 0.146. The highest BCUT2D eigenvalue weighted by Crippen LogP contribution is 2.34. The number of carbonyl (C=O) groups excluding carboxylic acids is 2. The fourth-order valence-corrected chi connectivity index (χ4v) is 6.67. The Labute approximate surface area is 324 Å². The lowest BCUT2D eigenvalue weighted by Crippen LogP contribution is -2.14. The van der Waals surface area contributed by atoms with Gasteiger partial charge in [-0.3, -0.25) is 19.0 Å². The summed E-state index contributed by atoms with van der Waals surface area (Å²) in [6, 6.07) is 23.4. The zero-order valence-electron chi connectivity index (χ0n) is 30.5. The molecule has 0 saturated heterocycles. The minimum Gasteiger partial charge on any atom is -0.357 e. The van der Waals surface area contributed by atoms with Gasteiger partial charge in [0.05, 0.1) is 35.2 Å². The van der Waals surface area contributed by atoms with Crippen molar-refractivity contribution in [2.24, 2.45) is 0 Å². The lowest BCUT2D eigenvalue weighted by Gasteiger charge is -2.08. The third-order valence-corrected chi connectivity index (χ3v) is 9.69. The third kappa shape index (κ3) is 7.29. The molecule has 4 aromatic heterocycles. The maximum Gasteiger partial charge on any atom is 0.416 e. The standard InChI is InChI=1S/C41H30F6N8O3/c1-22-17-18-48-33(22)38(56)49-37-30-19-26(11-16-32(30)55(52-37)21-25-9-14-28(15-10-25)41(45,46)47)34-23(2)35(58-53-34)39(57)50-36-29-5-3-4-6-31(29)54(51-36)20-24-7-12-27(13-8-24)40(42,43)44/h3-19,48H,20-21H2,1-2H3,(H,49,52,56)(H,50,51,57). The Bertz CT molecular complexity index is 2830. The van der Waals surface area contributed by atoms with Crippen molar-refractivity contribution in [2.45, 2.75) is 39.3 Å². The van der Waals surface area contributed by atoms with Crippen molar-refractivity contribution < 1.29 is 40.5 Å². The molecular formula is C41H30F6N8O3. The van der Waals surface area contributed by atoms with E-state index in [-0.39, 0.29) is 30.5 Å². The monoisotopic (exact) mass is 796 g/mol. The maximum absolute atomic E-state index is 13.7. The largest absolute Gasteiger partial charge is 0.416 e. The first-order chi connectivity index (χ1) is 27.6. The number of aromatic nitrogens is 6. The molecule has 294 valence electrons. The molecular weight excluding hydrogens is 766 g/mol. The minimum atomic E-state index is -4.49. The van der Waals surface area contributed by atoms with Gasteiger partial charge in [-0.15, -0.1) is 0 Å². The van der Waals surface area contributed by atoms with Gasteiger partial charge in [-0.1, -0.05) is 47.6 Å². The summed E-state index contributed by atoms with van der Waals surface area (Å²) in [5.74, 6) is -0.837. The molecule has 8 aromatic rings. The van der Waals surface area contributed by atoms with E-state index in [9.17, 15) is 35.9 Å². The second kappa shape index (κ2) is 14.4. The van der Waals surface area contributed by atoms with Gasteiger partial charge in [-0.2, -0.15) is 36.5 Å². The number of benzene rings is 4. The molecule has 3 N–H and O–H groups in total. The number of hydrogen-bond acceptors (Lipinski definition) is 6. The van der Waals surface area contributed by atoms with E-state index in [2.05, 4.69) is 31.0 Å². The predicted molar refractivity (Wildman–Crippen MR) is 202 cm³/mol. The van der Waals surface area contributed by atoms with Gasteiger partial charge in [-0.25, -0.2) is 0 Å². The van der Waals surface area contributed by atoms with Gasteiger partial charge in [0.15, 0.2) is 11.6 Å². The maximum atomic E-state index is 13.7. The average molecular weight is 797 g/mol. The summed E-state index contributed by atoms with van der Waals surface area (Å²) >= 11 is 0. The zero-order valence-corrected chi connectivity index (χ0v) is 30.5. The summed E-state index contributed by atoms with van der Waals surface area (Å²) in [5.41, 5.74) is 2.99. The molecule has 0 saturated carbocycles. The Balaban J connectivity index is 1.08. The number of halogens is 6. The van der Waals surface area contributed by atoms with E-state index in [0.717, 1.165) is 24.3 Å². The third-order valence-electron chi connectivity index (χ3n) is 9.69. The molecule has 4 aromatic carbocycles. The van der Waals surface area contributed by atoms with Crippen molar-refractivity contribution in [3.63, 3.8) is 0 Å². The van der Waals surface area contributed by atoms with Crippen LogP contribution in [0.5, 0.6) is 0 Å². The number of rotatable bonds is 9. The van der Waals surface area contributed by atoms with Gasteiger partial charge in [0.2, 0.25) is 5.76 Å². The summed E-state index contributed by atoms with van der Waals surface area (Å²) in [6.07, 6.45) is -7.33. The first-order valence-corrected chi connectivity index (χ1v) is 17.7. The first kappa shape index (κ1) is 37.7. The lowest BCUT2D eigenvalue weighted by molar-refractivity contribution is -0.138. The second-order valence-corrected chi connectivity index (χ2v) is 13.6. The molecule has 0 unspecified atom stereocenters. The molecule has 0 aliphatic rings. The van der Waals surface area contributed by atoms with Crippen molar-refractivity contribution in [3.05, 3.63) is 148 Å². The number of hydrogen-bond donors (Lipinski definition) is 3. The van der Waals surface area contributed by atoms with E-state index in [0.29, 0.717) is 61.0 Å². The number of anilines is 2. The Morgan fingerprint density at radius 1 is 0.690 bits per heavy atom. The molecule has 2 amide bonds. The summed E-state index contributed by atoms with van der Waals surface area (Å²) in [6.45, 7) is 3.64. The number of nitrogens with one attached hydrogen (secondary N) is 3. The predicted octanol–water partition coefficient (Wildman–Crippen LogP) is 9.62. The Morgan fingerprint density at radius 2 is 1.24 bits per heavy atom. The SMILES string of the molecule is Cc1cc[nH]c1C(=O)Nc1nn(Cc2ccc(C(F)(F)F)cc2)c2ccc(-c3noc(C(=O)Nc4nn(Cc5ccc(C(F)(F)F)cc5)c5ccccc45)c3C)cc12. The fourth-order valence-electron chi connectivity index (χ4n) is 6.67. The van der Waals surface area contributed by atoms with E-state index < -0.39 is 35.3 Å². The van der Waals surface area contributed by atoms with Gasteiger partial charge >= 0.3 is 12.4 Å². The summed E-state index contributed by atoms with van der Waals surface area (Å²) in [4.78, 5) is 29.9. The van der Waals surface area contributed by atoms with Gasteiger partial charge in [0.25, 0.3) is 11.8 Å². The van der Waals surface area contributed by atoms with Gasteiger partial charge in [0, 0.05) is 28.1 Å². The molecule has 0 spiro atoms. The average Bonchev–Trinajstić information content (AvgIpc) is 3.96. The van der Waals surface area contributed by atoms with Gasteiger partial charge in [-0.05, 0) is 85.1 Å². The highest BCUT2D eigenvalue weighted by atomic mass is 19.4. The van der Waals surface area contributed by atoms with Crippen molar-refractivity contribution >= 4 is 45.3 Å². The minimum absolute atomic E-state index is 0.0907. The highest BCUT2D eigenvalue weighted by Gasteiger charge is 2.31. The number of H-pyrrole nitrogens is 1. The normalized spacial score (nSPS) is 12.1. The number of alkyl halides is 6. The lowest BCUT2D eigenvalue weighted by atomic mass is 10.0. The molecule has 8 rings (SSSR count). The Kier molecular flexibility index (Phi) is 9.37.